The SMILES string of the molecule is CN(Cc1ccsc1)C(=O)COC(=O)c1ccc(N)c([N+](=O)[O-])c1. The van der Waals surface area contributed by atoms with Crippen molar-refractivity contribution in [3.8, 4) is 0 Å². The predicted molar refractivity (Wildman–Crippen MR) is 88.6 cm³/mol. The highest BCUT2D eigenvalue weighted by Gasteiger charge is 2.18. The Bertz CT molecular complexity index is 760. The topological polar surface area (TPSA) is 116 Å². The number of anilines is 1. The number of thiophene rings is 1. The van der Waals surface area contributed by atoms with Crippen LogP contribution in [0.5, 0.6) is 0 Å². The third-order valence-corrected chi connectivity index (χ3v) is 3.95. The quantitative estimate of drug-likeness (QED) is 0.369. The van der Waals surface area contributed by atoms with Crippen molar-refractivity contribution in [1.82, 2.24) is 4.90 Å². The number of hydrogen-bond donors (Lipinski definition) is 1. The number of rotatable bonds is 6. The molecule has 0 aliphatic rings. The van der Waals surface area contributed by atoms with Crippen LogP contribution in [0.2, 0.25) is 0 Å². The van der Waals surface area contributed by atoms with Crippen LogP contribution in [0.25, 0.3) is 0 Å². The number of benzene rings is 1. The van der Waals surface area contributed by atoms with E-state index in [1.165, 1.54) is 28.4 Å². The summed E-state index contributed by atoms with van der Waals surface area (Å²) in [5.41, 5.74) is 5.97. The van der Waals surface area contributed by atoms with Crippen molar-refractivity contribution in [2.75, 3.05) is 19.4 Å². The molecule has 9 heteroatoms. The van der Waals surface area contributed by atoms with Crippen molar-refractivity contribution in [2.45, 2.75) is 6.54 Å². The lowest BCUT2D eigenvalue weighted by atomic mass is 10.2. The summed E-state index contributed by atoms with van der Waals surface area (Å²) in [6.07, 6.45) is 0. The minimum atomic E-state index is -0.824. The number of amides is 1. The number of likely N-dealkylation sites (N-methyl/N-ethyl adjacent to an activating group) is 1. The van der Waals surface area contributed by atoms with Crippen LogP contribution in [0.1, 0.15) is 15.9 Å². The standard InChI is InChI=1S/C15H15N3O5S/c1-17(7-10-4-5-24-9-10)14(19)8-23-15(20)11-2-3-12(16)13(6-11)18(21)22/h2-6,9H,7-8,16H2,1H3. The van der Waals surface area contributed by atoms with Crippen molar-refractivity contribution < 1.29 is 19.2 Å². The lowest BCUT2D eigenvalue weighted by molar-refractivity contribution is -0.383. The number of nitro groups is 1. The van der Waals surface area contributed by atoms with Gasteiger partial charge in [-0.15, -0.1) is 0 Å². The van der Waals surface area contributed by atoms with Gasteiger partial charge < -0.3 is 15.4 Å². The third-order valence-electron chi connectivity index (χ3n) is 3.22. The Hall–Kier alpha value is -2.94. The summed E-state index contributed by atoms with van der Waals surface area (Å²) in [6, 6.07) is 5.48. The van der Waals surface area contributed by atoms with E-state index in [-0.39, 0.29) is 22.8 Å². The summed E-state index contributed by atoms with van der Waals surface area (Å²) in [4.78, 5) is 35.4. The number of nitrogen functional groups attached to an aromatic ring is 1. The molecule has 1 aromatic carbocycles. The van der Waals surface area contributed by atoms with E-state index >= 15 is 0 Å². The summed E-state index contributed by atoms with van der Waals surface area (Å²) in [5, 5.41) is 14.6. The van der Waals surface area contributed by atoms with Crippen LogP contribution in [0.3, 0.4) is 0 Å². The van der Waals surface area contributed by atoms with Crippen molar-refractivity contribution in [1.29, 1.82) is 0 Å². The molecular weight excluding hydrogens is 334 g/mol. The summed E-state index contributed by atoms with van der Waals surface area (Å²) >= 11 is 1.53. The largest absolute Gasteiger partial charge is 0.452 e. The Labute approximate surface area is 141 Å². The Morgan fingerprint density at radius 3 is 2.75 bits per heavy atom. The van der Waals surface area contributed by atoms with E-state index in [1.54, 1.807) is 7.05 Å². The molecule has 0 aliphatic carbocycles. The highest BCUT2D eigenvalue weighted by atomic mass is 32.1. The molecule has 0 bridgehead atoms. The molecule has 24 heavy (non-hydrogen) atoms. The molecule has 2 rings (SSSR count). The monoisotopic (exact) mass is 349 g/mol. The van der Waals surface area contributed by atoms with Crippen LogP contribution in [-0.4, -0.2) is 35.4 Å². The number of esters is 1. The van der Waals surface area contributed by atoms with Crippen molar-refractivity contribution in [3.63, 3.8) is 0 Å². The van der Waals surface area contributed by atoms with Gasteiger partial charge in [0.15, 0.2) is 6.61 Å². The normalized spacial score (nSPS) is 10.2. The first kappa shape index (κ1) is 17.4. The van der Waals surface area contributed by atoms with E-state index in [0.717, 1.165) is 11.6 Å². The minimum absolute atomic E-state index is 0.0378. The first-order valence-corrected chi connectivity index (χ1v) is 7.79. The summed E-state index contributed by atoms with van der Waals surface area (Å²) in [5.74, 6) is -1.20. The number of hydrogen-bond acceptors (Lipinski definition) is 7. The van der Waals surface area contributed by atoms with Gasteiger partial charge in [-0.3, -0.25) is 14.9 Å². The first-order valence-electron chi connectivity index (χ1n) is 6.84. The van der Waals surface area contributed by atoms with E-state index in [1.807, 2.05) is 16.8 Å². The van der Waals surface area contributed by atoms with E-state index in [0.29, 0.717) is 6.54 Å². The molecule has 0 spiro atoms. The van der Waals surface area contributed by atoms with Gasteiger partial charge in [0.1, 0.15) is 5.69 Å². The zero-order valence-electron chi connectivity index (χ0n) is 12.8. The molecule has 0 saturated carbocycles. The molecule has 0 radical (unpaired) electrons. The second-order valence-corrected chi connectivity index (χ2v) is 5.77. The summed E-state index contributed by atoms with van der Waals surface area (Å²) in [6.45, 7) is -0.0368. The van der Waals surface area contributed by atoms with Gasteiger partial charge >= 0.3 is 5.97 Å². The van der Waals surface area contributed by atoms with Crippen molar-refractivity contribution in [2.24, 2.45) is 0 Å². The molecule has 8 nitrogen and oxygen atoms in total. The van der Waals surface area contributed by atoms with Gasteiger partial charge in [0, 0.05) is 19.7 Å². The van der Waals surface area contributed by atoms with E-state index in [4.69, 9.17) is 10.5 Å². The Balaban J connectivity index is 1.94. The maximum Gasteiger partial charge on any atom is 0.338 e. The van der Waals surface area contributed by atoms with Crippen LogP contribution < -0.4 is 5.73 Å². The van der Waals surface area contributed by atoms with Crippen LogP contribution in [0.4, 0.5) is 11.4 Å². The Morgan fingerprint density at radius 1 is 1.38 bits per heavy atom. The molecule has 0 atom stereocenters. The highest BCUT2D eigenvalue weighted by molar-refractivity contribution is 7.07. The fourth-order valence-corrected chi connectivity index (χ4v) is 2.55. The summed E-state index contributed by atoms with van der Waals surface area (Å²) in [7, 11) is 1.60. The number of nitrogens with zero attached hydrogens (tertiary/aromatic N) is 2. The molecule has 0 aliphatic heterocycles. The molecule has 0 saturated heterocycles. The average molecular weight is 349 g/mol. The second kappa shape index (κ2) is 7.55. The van der Waals surface area contributed by atoms with E-state index in [9.17, 15) is 19.7 Å². The smallest absolute Gasteiger partial charge is 0.338 e. The number of nitro benzene ring substituents is 1. The van der Waals surface area contributed by atoms with Crippen LogP contribution >= 0.6 is 11.3 Å². The summed E-state index contributed by atoms with van der Waals surface area (Å²) < 4.78 is 4.91. The molecule has 1 aromatic heterocycles. The predicted octanol–water partition coefficient (Wildman–Crippen LogP) is 2.05. The maximum atomic E-state index is 12.0. The van der Waals surface area contributed by atoms with Gasteiger partial charge in [0.2, 0.25) is 0 Å². The van der Waals surface area contributed by atoms with Crippen molar-refractivity contribution in [3.05, 3.63) is 56.3 Å². The number of nitrogens with two attached hydrogens (primary N) is 1. The lowest BCUT2D eigenvalue weighted by Gasteiger charge is -2.16. The maximum absolute atomic E-state index is 12.0. The molecule has 0 unspecified atom stereocenters. The zero-order chi connectivity index (χ0) is 17.7. The van der Waals surface area contributed by atoms with Crippen molar-refractivity contribution >= 4 is 34.6 Å². The van der Waals surface area contributed by atoms with Gasteiger partial charge in [-0.25, -0.2) is 4.79 Å². The minimum Gasteiger partial charge on any atom is -0.452 e. The van der Waals surface area contributed by atoms with Gasteiger partial charge in [0.05, 0.1) is 10.5 Å². The van der Waals surface area contributed by atoms with Gasteiger partial charge in [-0.2, -0.15) is 11.3 Å². The Kier molecular flexibility index (Phi) is 5.48. The van der Waals surface area contributed by atoms with Crippen LogP contribution in [-0.2, 0) is 16.1 Å². The molecule has 126 valence electrons. The Morgan fingerprint density at radius 2 is 2.12 bits per heavy atom. The van der Waals surface area contributed by atoms with E-state index in [2.05, 4.69) is 0 Å². The second-order valence-electron chi connectivity index (χ2n) is 4.99. The molecule has 1 amide bonds. The van der Waals surface area contributed by atoms with Gasteiger partial charge in [-0.1, -0.05) is 0 Å². The van der Waals surface area contributed by atoms with E-state index < -0.39 is 17.5 Å². The van der Waals surface area contributed by atoms with Gasteiger partial charge in [-0.05, 0) is 34.5 Å². The molecule has 2 aromatic rings. The van der Waals surface area contributed by atoms with Gasteiger partial charge in [0.25, 0.3) is 11.6 Å². The molecule has 0 fully saturated rings. The van der Waals surface area contributed by atoms with Crippen LogP contribution in [0.15, 0.2) is 35.0 Å². The molecule has 1 heterocycles. The molecule has 2 N–H and O–H groups in total. The van der Waals surface area contributed by atoms with Crippen LogP contribution in [0, 0.1) is 10.1 Å². The zero-order valence-corrected chi connectivity index (χ0v) is 13.6. The first-order chi connectivity index (χ1) is 11.4. The molecular formula is C15H15N3O5S. The fraction of sp³-hybridized carbons (Fsp3) is 0.200. The number of ether oxygens (including phenoxy) is 1. The lowest BCUT2D eigenvalue weighted by Crippen LogP contribution is -2.30. The average Bonchev–Trinajstić information content (AvgIpc) is 3.05. The number of carbonyl (C=O) groups is 2. The third kappa shape index (κ3) is 4.29. The fourth-order valence-electron chi connectivity index (χ4n) is 1.89. The highest BCUT2D eigenvalue weighted by Crippen LogP contribution is 2.22. The number of carbonyl (C=O) groups excluding carboxylic acids is 2.